The van der Waals surface area contributed by atoms with Gasteiger partial charge < -0.3 is 10.2 Å². The molecule has 154 valence electrons. The Hall–Kier alpha value is -3.48. The molecule has 7 heteroatoms. The number of amides is 2. The van der Waals surface area contributed by atoms with Crippen LogP contribution in [0.25, 0.3) is 5.69 Å². The van der Waals surface area contributed by atoms with Crippen molar-refractivity contribution in [3.05, 3.63) is 83.4 Å². The van der Waals surface area contributed by atoms with E-state index < -0.39 is 5.82 Å². The molecule has 0 bridgehead atoms. The summed E-state index contributed by atoms with van der Waals surface area (Å²) in [6, 6.07) is 15.1. The van der Waals surface area contributed by atoms with E-state index in [1.807, 2.05) is 17.0 Å². The summed E-state index contributed by atoms with van der Waals surface area (Å²) in [4.78, 5) is 26.8. The lowest BCUT2D eigenvalue weighted by Gasteiger charge is -2.26. The van der Waals surface area contributed by atoms with Crippen molar-refractivity contribution in [3.63, 3.8) is 0 Å². The van der Waals surface area contributed by atoms with Crippen LogP contribution >= 0.6 is 0 Å². The third-order valence-electron chi connectivity index (χ3n) is 5.22. The molecule has 1 aromatic heterocycles. The summed E-state index contributed by atoms with van der Waals surface area (Å²) >= 11 is 0. The zero-order valence-electron chi connectivity index (χ0n) is 16.6. The summed E-state index contributed by atoms with van der Waals surface area (Å²) < 4.78 is 15.2. The minimum absolute atomic E-state index is 0.0592. The number of halogens is 1. The fourth-order valence-electron chi connectivity index (χ4n) is 3.53. The Morgan fingerprint density at radius 1 is 0.967 bits per heavy atom. The van der Waals surface area contributed by atoms with E-state index in [0.29, 0.717) is 12.1 Å². The largest absolute Gasteiger partial charge is 0.347 e. The Morgan fingerprint density at radius 3 is 2.43 bits per heavy atom. The van der Waals surface area contributed by atoms with Crippen molar-refractivity contribution in [2.24, 2.45) is 0 Å². The van der Waals surface area contributed by atoms with Crippen LogP contribution in [0.3, 0.4) is 0 Å². The first-order valence-electron chi connectivity index (χ1n) is 10.1. The third-order valence-corrected chi connectivity index (χ3v) is 5.22. The molecule has 1 aliphatic heterocycles. The van der Waals surface area contributed by atoms with E-state index >= 15 is 0 Å². The van der Waals surface area contributed by atoms with Crippen LogP contribution in [0.15, 0.2) is 60.8 Å². The van der Waals surface area contributed by atoms with Crippen molar-refractivity contribution in [1.82, 2.24) is 20.0 Å². The Labute approximate surface area is 174 Å². The van der Waals surface area contributed by atoms with E-state index in [4.69, 9.17) is 0 Å². The van der Waals surface area contributed by atoms with Crippen LogP contribution in [-0.4, -0.2) is 39.6 Å². The van der Waals surface area contributed by atoms with Gasteiger partial charge in [0.05, 0.1) is 0 Å². The Bertz CT molecular complexity index is 1040. The SMILES string of the molecule is O=C(NCc1ccc(C(=O)N2CCCCC2)cc1)c1ccn(-c2ccccc2F)n1. The number of hydrogen-bond donors (Lipinski definition) is 1. The number of carbonyl (C=O) groups is 2. The van der Waals surface area contributed by atoms with E-state index in [9.17, 15) is 14.0 Å². The van der Waals surface area contributed by atoms with Gasteiger partial charge >= 0.3 is 0 Å². The molecule has 2 aromatic carbocycles. The molecule has 2 amide bonds. The molecule has 0 aliphatic carbocycles. The average molecular weight is 406 g/mol. The van der Waals surface area contributed by atoms with Crippen molar-refractivity contribution >= 4 is 11.8 Å². The number of nitrogens with zero attached hydrogens (tertiary/aromatic N) is 3. The highest BCUT2D eigenvalue weighted by Gasteiger charge is 2.18. The van der Waals surface area contributed by atoms with Gasteiger partial charge in [-0.1, -0.05) is 24.3 Å². The van der Waals surface area contributed by atoms with Crippen LogP contribution in [0, 0.1) is 5.82 Å². The quantitative estimate of drug-likeness (QED) is 0.704. The molecule has 1 N–H and O–H groups in total. The van der Waals surface area contributed by atoms with Gasteiger partial charge in [-0.25, -0.2) is 9.07 Å². The van der Waals surface area contributed by atoms with Crippen molar-refractivity contribution in [3.8, 4) is 5.69 Å². The summed E-state index contributed by atoms with van der Waals surface area (Å²) in [5, 5.41) is 6.96. The molecule has 30 heavy (non-hydrogen) atoms. The summed E-state index contributed by atoms with van der Waals surface area (Å²) in [7, 11) is 0. The van der Waals surface area contributed by atoms with Gasteiger partial charge in [0.1, 0.15) is 11.5 Å². The highest BCUT2D eigenvalue weighted by Crippen LogP contribution is 2.15. The predicted molar refractivity (Wildman–Crippen MR) is 111 cm³/mol. The Kier molecular flexibility index (Phi) is 5.88. The Morgan fingerprint density at radius 2 is 1.70 bits per heavy atom. The number of likely N-dealkylation sites (tertiary alicyclic amines) is 1. The molecular weight excluding hydrogens is 383 g/mol. The van der Waals surface area contributed by atoms with Crippen LogP contribution in [-0.2, 0) is 6.54 Å². The van der Waals surface area contributed by atoms with E-state index in [1.54, 1.807) is 42.6 Å². The second-order valence-corrected chi connectivity index (χ2v) is 7.33. The second-order valence-electron chi connectivity index (χ2n) is 7.33. The van der Waals surface area contributed by atoms with Gasteiger partial charge in [-0.05, 0) is 55.2 Å². The van der Waals surface area contributed by atoms with E-state index in [0.717, 1.165) is 31.5 Å². The van der Waals surface area contributed by atoms with Crippen LogP contribution < -0.4 is 5.32 Å². The number of piperidine rings is 1. The van der Waals surface area contributed by atoms with Crippen molar-refractivity contribution in [2.45, 2.75) is 25.8 Å². The molecule has 0 saturated carbocycles. The fraction of sp³-hybridized carbons (Fsp3) is 0.261. The number of para-hydroxylation sites is 1. The van der Waals surface area contributed by atoms with E-state index in [2.05, 4.69) is 10.4 Å². The molecule has 4 rings (SSSR count). The minimum Gasteiger partial charge on any atom is -0.347 e. The summed E-state index contributed by atoms with van der Waals surface area (Å²) in [5.41, 5.74) is 2.03. The van der Waals surface area contributed by atoms with Crippen molar-refractivity contribution < 1.29 is 14.0 Å². The lowest BCUT2D eigenvalue weighted by molar-refractivity contribution is 0.0724. The average Bonchev–Trinajstić information content (AvgIpc) is 3.28. The summed E-state index contributed by atoms with van der Waals surface area (Å²) in [5.74, 6) is -0.700. The van der Waals surface area contributed by atoms with Gasteiger partial charge in [-0.15, -0.1) is 0 Å². The van der Waals surface area contributed by atoms with E-state index in [1.165, 1.54) is 17.2 Å². The molecule has 6 nitrogen and oxygen atoms in total. The van der Waals surface area contributed by atoms with Crippen LogP contribution in [0.2, 0.25) is 0 Å². The third kappa shape index (κ3) is 4.40. The first-order valence-corrected chi connectivity index (χ1v) is 10.1. The number of hydrogen-bond acceptors (Lipinski definition) is 3. The molecule has 1 fully saturated rings. The number of nitrogens with one attached hydrogen (secondary N) is 1. The molecule has 0 atom stereocenters. The number of carbonyl (C=O) groups excluding carboxylic acids is 2. The maximum Gasteiger partial charge on any atom is 0.272 e. The van der Waals surface area contributed by atoms with Gasteiger partial charge in [0.25, 0.3) is 11.8 Å². The molecule has 2 heterocycles. The molecule has 1 saturated heterocycles. The molecule has 1 aliphatic rings. The van der Waals surface area contributed by atoms with Crippen LogP contribution in [0.4, 0.5) is 4.39 Å². The van der Waals surface area contributed by atoms with Crippen molar-refractivity contribution in [2.75, 3.05) is 13.1 Å². The zero-order valence-corrected chi connectivity index (χ0v) is 16.6. The fourth-order valence-corrected chi connectivity index (χ4v) is 3.53. The standard InChI is InChI=1S/C23H23FN4O2/c24-19-6-2-3-7-21(19)28-15-12-20(26-28)22(29)25-16-17-8-10-18(11-9-17)23(30)27-13-4-1-5-14-27/h2-3,6-12,15H,1,4-5,13-14,16H2,(H,25,29). The maximum absolute atomic E-state index is 13.9. The highest BCUT2D eigenvalue weighted by atomic mass is 19.1. The molecular formula is C23H23FN4O2. The second kappa shape index (κ2) is 8.90. The smallest absolute Gasteiger partial charge is 0.272 e. The minimum atomic E-state index is -0.410. The van der Waals surface area contributed by atoms with Crippen molar-refractivity contribution in [1.29, 1.82) is 0 Å². The van der Waals surface area contributed by atoms with Gasteiger partial charge in [0, 0.05) is 31.4 Å². The molecule has 3 aromatic rings. The summed E-state index contributed by atoms with van der Waals surface area (Å²) in [6.07, 6.45) is 4.85. The normalized spacial score (nSPS) is 13.8. The monoisotopic (exact) mass is 406 g/mol. The number of rotatable bonds is 5. The van der Waals surface area contributed by atoms with Gasteiger partial charge in [0.15, 0.2) is 5.69 Å². The van der Waals surface area contributed by atoms with Gasteiger partial charge in [0.2, 0.25) is 0 Å². The van der Waals surface area contributed by atoms with Crippen LogP contribution in [0.5, 0.6) is 0 Å². The first kappa shape index (κ1) is 19.8. The van der Waals surface area contributed by atoms with Crippen LogP contribution in [0.1, 0.15) is 45.7 Å². The lowest BCUT2D eigenvalue weighted by Crippen LogP contribution is -2.35. The molecule has 0 spiro atoms. The summed E-state index contributed by atoms with van der Waals surface area (Å²) in [6.45, 7) is 1.94. The maximum atomic E-state index is 13.9. The molecule has 0 unspecified atom stereocenters. The predicted octanol–water partition coefficient (Wildman–Crippen LogP) is 3.57. The van der Waals surface area contributed by atoms with E-state index in [-0.39, 0.29) is 23.2 Å². The Balaban J connectivity index is 1.35. The molecule has 0 radical (unpaired) electrons. The first-order chi connectivity index (χ1) is 14.6. The van der Waals surface area contributed by atoms with Gasteiger partial charge in [-0.2, -0.15) is 5.10 Å². The number of aromatic nitrogens is 2. The lowest BCUT2D eigenvalue weighted by atomic mass is 10.1. The highest BCUT2D eigenvalue weighted by molar-refractivity contribution is 5.94. The van der Waals surface area contributed by atoms with Gasteiger partial charge in [-0.3, -0.25) is 9.59 Å². The topological polar surface area (TPSA) is 67.2 Å². The number of benzene rings is 2. The zero-order chi connectivity index (χ0) is 20.9.